The van der Waals surface area contributed by atoms with Gasteiger partial charge in [0.25, 0.3) is 0 Å². The number of hydrogen-bond acceptors (Lipinski definition) is 16. The average molecular weight is 878 g/mol. The van der Waals surface area contributed by atoms with Gasteiger partial charge >= 0.3 is 0 Å². The summed E-state index contributed by atoms with van der Waals surface area (Å²) in [6.45, 7) is 2.39. The Balaban J connectivity index is 0.000000166. The lowest BCUT2D eigenvalue weighted by atomic mass is 9.93. The fraction of sp³-hybridized carbons (Fsp3) is 0.143. The Bertz CT molecular complexity index is 2980. The number of anilines is 2. The number of pyridine rings is 4. The van der Waals surface area contributed by atoms with E-state index in [0.717, 1.165) is 16.3 Å². The topological polar surface area (TPSA) is 262 Å². The monoisotopic (exact) mass is 877 g/mol. The summed E-state index contributed by atoms with van der Waals surface area (Å²) in [6, 6.07) is 40.2. The number of rotatable bonds is 8. The van der Waals surface area contributed by atoms with Gasteiger partial charge in [0.15, 0.2) is 23.0 Å². The number of benzene rings is 3. The van der Waals surface area contributed by atoms with Crippen molar-refractivity contribution in [2.45, 2.75) is 29.3 Å². The van der Waals surface area contributed by atoms with E-state index in [1.807, 2.05) is 66.7 Å². The Morgan fingerprint density at radius 3 is 1.51 bits per heavy atom. The van der Waals surface area contributed by atoms with Crippen LogP contribution in [0.15, 0.2) is 125 Å². The quantitative estimate of drug-likeness (QED) is 0.133. The molecule has 4 aromatic heterocycles. The molecule has 0 atom stereocenters. The molecule has 0 fully saturated rings. The van der Waals surface area contributed by atoms with E-state index in [-0.39, 0.29) is 22.8 Å². The van der Waals surface area contributed by atoms with Crippen LogP contribution < -0.4 is 36.1 Å². The zero-order valence-corrected chi connectivity index (χ0v) is 35.6. The third kappa shape index (κ3) is 10.5. The van der Waals surface area contributed by atoms with Crippen LogP contribution in [0.25, 0.3) is 22.3 Å². The maximum absolute atomic E-state index is 9.90. The maximum atomic E-state index is 9.90. The van der Waals surface area contributed by atoms with Gasteiger partial charge in [-0.25, -0.2) is 9.97 Å². The average Bonchev–Trinajstić information content (AvgIpc) is 3.36. The maximum Gasteiger partial charge on any atom is 0.161 e. The zero-order chi connectivity index (χ0) is 45.5. The number of hydrogen-bond donors (Lipinski definition) is 3. The lowest BCUT2D eigenvalue weighted by molar-refractivity contribution is 0.171. The molecule has 0 spiro atoms. The molecule has 320 valence electrons. The van der Waals surface area contributed by atoms with Gasteiger partial charge in [-0.2, -0.15) is 21.0 Å². The van der Waals surface area contributed by atoms with Crippen molar-refractivity contribution in [1.29, 1.82) is 21.0 Å². The molecule has 2 aliphatic rings. The summed E-state index contributed by atoms with van der Waals surface area (Å²) in [4.78, 5) is 17.9. The van der Waals surface area contributed by atoms with Gasteiger partial charge in [0.1, 0.15) is 78.5 Å². The van der Waals surface area contributed by atoms with Gasteiger partial charge in [-0.05, 0) is 84.6 Å². The van der Waals surface area contributed by atoms with Crippen LogP contribution in [0.4, 0.5) is 11.6 Å². The molecule has 0 aliphatic carbocycles. The van der Waals surface area contributed by atoms with E-state index in [4.69, 9.17) is 36.1 Å². The molecular weight excluding hydrogens is 839 g/mol. The van der Waals surface area contributed by atoms with E-state index in [9.17, 15) is 21.0 Å². The van der Waals surface area contributed by atoms with E-state index in [0.29, 0.717) is 113 Å². The first-order chi connectivity index (χ1) is 31.8. The number of aryl methyl sites for hydroxylation is 2. The van der Waals surface area contributed by atoms with Crippen molar-refractivity contribution in [3.8, 4) is 69.5 Å². The molecule has 2 aliphatic heterocycles. The number of nitrogens with two attached hydrogens (primary N) is 3. The van der Waals surface area contributed by atoms with Crippen molar-refractivity contribution in [2.75, 3.05) is 37.9 Å². The summed E-state index contributed by atoms with van der Waals surface area (Å²) in [6.07, 6.45) is 4.55. The van der Waals surface area contributed by atoms with Crippen LogP contribution in [0.2, 0.25) is 0 Å². The minimum Gasteiger partial charge on any atom is -0.486 e. The SMILES string of the molecule is N#Cc1c(N)nc(CCc2ccccn2)c(C#N)c1-c1ccc2c(c1)OCCO2.N#Cc1c(N)nc(Sc2ccccc2)c(C#N)c1-c1ccc2c(c1)OCCO2.NCc1ccccn1. The minimum absolute atomic E-state index is 0.0878. The van der Waals surface area contributed by atoms with Gasteiger partial charge in [-0.1, -0.05) is 54.2 Å². The van der Waals surface area contributed by atoms with E-state index in [1.54, 1.807) is 48.8 Å². The number of ether oxygens (including phenoxy) is 4. The van der Waals surface area contributed by atoms with Crippen molar-refractivity contribution < 1.29 is 18.9 Å². The normalized spacial score (nSPS) is 11.7. The first-order valence-electron chi connectivity index (χ1n) is 20.1. The third-order valence-electron chi connectivity index (χ3n) is 9.84. The smallest absolute Gasteiger partial charge is 0.161 e. The molecule has 0 unspecified atom stereocenters. The minimum atomic E-state index is 0.0878. The number of nitrogens with zero attached hydrogens (tertiary/aromatic N) is 8. The van der Waals surface area contributed by atoms with E-state index >= 15 is 0 Å². The number of nitrogen functional groups attached to an aromatic ring is 2. The highest BCUT2D eigenvalue weighted by atomic mass is 32.2. The second kappa shape index (κ2) is 21.4. The van der Waals surface area contributed by atoms with Crippen LogP contribution in [0.1, 0.15) is 39.3 Å². The predicted octanol–water partition coefficient (Wildman–Crippen LogP) is 7.56. The lowest BCUT2D eigenvalue weighted by Crippen LogP contribution is -2.15. The van der Waals surface area contributed by atoms with Gasteiger partial charge < -0.3 is 36.1 Å². The molecule has 0 bridgehead atoms. The molecule has 0 radical (unpaired) electrons. The summed E-state index contributed by atoms with van der Waals surface area (Å²) in [5, 5.41) is 39.6. The zero-order valence-electron chi connectivity index (χ0n) is 34.8. The van der Waals surface area contributed by atoms with Crippen molar-refractivity contribution in [3.63, 3.8) is 0 Å². The van der Waals surface area contributed by atoms with Crippen LogP contribution in [0, 0.1) is 45.3 Å². The summed E-state index contributed by atoms with van der Waals surface area (Å²) < 4.78 is 22.4. The van der Waals surface area contributed by atoms with Gasteiger partial charge in [-0.3, -0.25) is 9.97 Å². The Hall–Kier alpha value is -8.67. The number of fused-ring (bicyclic) bond motifs is 2. The largest absolute Gasteiger partial charge is 0.486 e. The molecule has 9 rings (SSSR count). The van der Waals surface area contributed by atoms with Crippen molar-refractivity contribution in [1.82, 2.24) is 19.9 Å². The molecule has 0 amide bonds. The molecule has 65 heavy (non-hydrogen) atoms. The van der Waals surface area contributed by atoms with Crippen LogP contribution >= 0.6 is 11.8 Å². The summed E-state index contributed by atoms with van der Waals surface area (Å²) in [7, 11) is 0. The fourth-order valence-electron chi connectivity index (χ4n) is 6.83. The summed E-state index contributed by atoms with van der Waals surface area (Å²) in [5.74, 6) is 2.61. The summed E-state index contributed by atoms with van der Waals surface area (Å²) in [5.41, 5.74) is 23.0. The highest BCUT2D eigenvalue weighted by Gasteiger charge is 2.24. The van der Waals surface area contributed by atoms with Crippen LogP contribution in [0.5, 0.6) is 23.0 Å². The number of aromatic nitrogens is 4. The highest BCUT2D eigenvalue weighted by molar-refractivity contribution is 7.99. The molecule has 3 aromatic carbocycles. The molecule has 0 saturated carbocycles. The molecular formula is C49H39N11O4S. The molecule has 6 N–H and O–H groups in total. The predicted molar refractivity (Wildman–Crippen MR) is 243 cm³/mol. The second-order valence-corrected chi connectivity index (χ2v) is 15.0. The standard InChI is InChI=1S/C22H17N5O2.C21H14N4O2S.C6H8N2/c23-12-16-18(6-5-15-3-1-2-8-26-15)27-22(25)17(13-24)21(16)14-4-7-19-20(11-14)29-10-9-28-19;22-11-15-19(13-6-7-17-18(10-13)27-9-8-26-17)16(12-23)21(25-20(15)24)28-14-4-2-1-3-5-14;7-5-6-3-1-2-4-8-6/h1-4,7-8,11H,5-6,9-10H2,(H2,25,27);1-7,10H,8-9H2,(H2,24,25);1-4H,5,7H2. The molecule has 7 aromatic rings. The summed E-state index contributed by atoms with van der Waals surface area (Å²) >= 11 is 1.33. The Labute approximate surface area is 379 Å². The molecule has 0 saturated heterocycles. The Kier molecular flexibility index (Phi) is 14.6. The van der Waals surface area contributed by atoms with E-state index < -0.39 is 0 Å². The first-order valence-corrected chi connectivity index (χ1v) is 21.0. The fourth-order valence-corrected chi connectivity index (χ4v) is 7.74. The van der Waals surface area contributed by atoms with Gasteiger partial charge in [0.05, 0.1) is 22.5 Å². The van der Waals surface area contributed by atoms with Gasteiger partial charge in [0.2, 0.25) is 0 Å². The van der Waals surface area contributed by atoms with Crippen molar-refractivity contribution in [2.24, 2.45) is 5.73 Å². The molecule has 6 heterocycles. The van der Waals surface area contributed by atoms with Crippen LogP contribution in [0.3, 0.4) is 0 Å². The molecule has 15 nitrogen and oxygen atoms in total. The van der Waals surface area contributed by atoms with Crippen LogP contribution in [-0.2, 0) is 19.4 Å². The van der Waals surface area contributed by atoms with Crippen LogP contribution in [-0.4, -0.2) is 46.4 Å². The van der Waals surface area contributed by atoms with Gasteiger partial charge in [0, 0.05) is 40.7 Å². The third-order valence-corrected chi connectivity index (χ3v) is 10.8. The van der Waals surface area contributed by atoms with E-state index in [2.05, 4.69) is 44.2 Å². The number of nitriles is 4. The van der Waals surface area contributed by atoms with Crippen molar-refractivity contribution >= 4 is 23.4 Å². The van der Waals surface area contributed by atoms with E-state index in [1.165, 1.54) is 11.8 Å². The van der Waals surface area contributed by atoms with Crippen molar-refractivity contribution in [3.05, 3.63) is 155 Å². The van der Waals surface area contributed by atoms with Gasteiger partial charge in [-0.15, -0.1) is 0 Å². The second-order valence-electron chi connectivity index (χ2n) is 13.9. The highest BCUT2D eigenvalue weighted by Crippen LogP contribution is 2.42. The lowest BCUT2D eigenvalue weighted by Gasteiger charge is -2.20. The molecule has 16 heteroatoms. The Morgan fingerprint density at radius 1 is 0.523 bits per heavy atom. The Morgan fingerprint density at radius 2 is 1.02 bits per heavy atom. The first kappa shape index (κ1) is 44.4.